The Hall–Kier alpha value is -2.15. The van der Waals surface area contributed by atoms with Crippen LogP contribution in [0.25, 0.3) is 0 Å². The fraction of sp³-hybridized carbons (Fsp3) is 0.417. The third-order valence-corrected chi connectivity index (χ3v) is 2.74. The predicted octanol–water partition coefficient (Wildman–Crippen LogP) is 1.12. The second kappa shape index (κ2) is 6.14. The summed E-state index contributed by atoms with van der Waals surface area (Å²) in [5.74, 6) is -0.153. The molecule has 0 fully saturated rings. The molecule has 104 valence electrons. The van der Waals surface area contributed by atoms with Gasteiger partial charge < -0.3 is 14.8 Å². The number of nitro groups is 1. The molecule has 0 spiro atoms. The monoisotopic (exact) mass is 268 g/mol. The lowest BCUT2D eigenvalue weighted by molar-refractivity contribution is -0.384. The van der Waals surface area contributed by atoms with Gasteiger partial charge in [-0.05, 0) is 20.0 Å². The Morgan fingerprint density at radius 2 is 2.21 bits per heavy atom. The van der Waals surface area contributed by atoms with Gasteiger partial charge in [0.2, 0.25) is 0 Å². The van der Waals surface area contributed by atoms with E-state index in [4.69, 9.17) is 4.74 Å². The molecule has 0 radical (unpaired) electrons. The molecular weight excluding hydrogens is 252 g/mol. The number of hydrogen-bond acceptors (Lipinski definition) is 6. The summed E-state index contributed by atoms with van der Waals surface area (Å²) in [6.07, 6.45) is 0. The van der Waals surface area contributed by atoms with Crippen molar-refractivity contribution in [2.24, 2.45) is 0 Å². The van der Waals surface area contributed by atoms with Gasteiger partial charge in [-0.1, -0.05) is 6.07 Å². The number of nitrogens with one attached hydrogen (secondary N) is 1. The van der Waals surface area contributed by atoms with Crippen molar-refractivity contribution in [3.8, 4) is 5.75 Å². The summed E-state index contributed by atoms with van der Waals surface area (Å²) in [4.78, 5) is 21.7. The first-order valence-electron chi connectivity index (χ1n) is 5.57. The van der Waals surface area contributed by atoms with Crippen molar-refractivity contribution in [3.05, 3.63) is 34.4 Å². The normalized spacial score (nSPS) is 13.4. The summed E-state index contributed by atoms with van der Waals surface area (Å²) in [6.45, 7) is 1.62. The molecule has 0 bridgehead atoms. The quantitative estimate of drug-likeness (QED) is 0.472. The van der Waals surface area contributed by atoms with Crippen LogP contribution < -0.4 is 10.1 Å². The van der Waals surface area contributed by atoms with E-state index < -0.39 is 16.4 Å². The molecule has 0 amide bonds. The molecular formula is C12H16N2O5. The fourth-order valence-corrected chi connectivity index (χ4v) is 1.37. The van der Waals surface area contributed by atoms with E-state index in [2.05, 4.69) is 10.1 Å². The molecule has 1 rings (SSSR count). The number of carbonyl (C=O) groups is 1. The average molecular weight is 268 g/mol. The summed E-state index contributed by atoms with van der Waals surface area (Å²) < 4.78 is 10.1. The van der Waals surface area contributed by atoms with Crippen LogP contribution in [0.15, 0.2) is 24.3 Å². The highest BCUT2D eigenvalue weighted by molar-refractivity contribution is 5.80. The molecule has 19 heavy (non-hydrogen) atoms. The van der Waals surface area contributed by atoms with Crippen molar-refractivity contribution in [1.29, 1.82) is 0 Å². The van der Waals surface area contributed by atoms with Gasteiger partial charge in [0, 0.05) is 6.07 Å². The summed E-state index contributed by atoms with van der Waals surface area (Å²) >= 11 is 0. The predicted molar refractivity (Wildman–Crippen MR) is 68.1 cm³/mol. The number of methoxy groups -OCH3 is 1. The number of ether oxygens (including phenoxy) is 2. The molecule has 1 aromatic rings. The van der Waals surface area contributed by atoms with E-state index in [0.717, 1.165) is 0 Å². The van der Waals surface area contributed by atoms with Crippen LogP contribution >= 0.6 is 0 Å². The highest BCUT2D eigenvalue weighted by Gasteiger charge is 2.33. The van der Waals surface area contributed by atoms with E-state index in [1.807, 2.05) is 0 Å². The van der Waals surface area contributed by atoms with Crippen LogP contribution in [-0.2, 0) is 9.53 Å². The third-order valence-electron chi connectivity index (χ3n) is 2.74. The van der Waals surface area contributed by atoms with Crippen LogP contribution in [0.5, 0.6) is 5.75 Å². The molecule has 1 atom stereocenters. The minimum atomic E-state index is -1.01. The number of nitrogens with zero attached hydrogens (tertiary/aromatic N) is 1. The Balaban J connectivity index is 2.78. The Morgan fingerprint density at radius 3 is 2.74 bits per heavy atom. The zero-order chi connectivity index (χ0) is 14.5. The largest absolute Gasteiger partial charge is 0.491 e. The van der Waals surface area contributed by atoms with Crippen molar-refractivity contribution < 1.29 is 19.2 Å². The van der Waals surface area contributed by atoms with Crippen molar-refractivity contribution >= 4 is 11.7 Å². The first-order valence-corrected chi connectivity index (χ1v) is 5.57. The third kappa shape index (κ3) is 3.65. The number of esters is 1. The van der Waals surface area contributed by atoms with E-state index in [1.165, 1.54) is 25.3 Å². The Bertz CT molecular complexity index is 477. The molecule has 1 unspecified atom stereocenters. The van der Waals surface area contributed by atoms with E-state index in [0.29, 0.717) is 5.75 Å². The maximum atomic E-state index is 11.6. The molecule has 0 heterocycles. The fourth-order valence-electron chi connectivity index (χ4n) is 1.37. The van der Waals surface area contributed by atoms with E-state index in [1.54, 1.807) is 20.0 Å². The smallest absolute Gasteiger partial charge is 0.329 e. The maximum absolute atomic E-state index is 11.6. The first kappa shape index (κ1) is 14.9. The average Bonchev–Trinajstić information content (AvgIpc) is 2.44. The Labute approximate surface area is 110 Å². The standard InChI is InChI=1S/C12H16N2O5/c1-12(13-2,11(15)18-3)8-19-10-6-4-5-9(7-10)14(16)17/h4-7,13H,8H2,1-3H3. The summed E-state index contributed by atoms with van der Waals surface area (Å²) in [5.41, 5.74) is -1.08. The second-order valence-electron chi connectivity index (χ2n) is 4.12. The first-order chi connectivity index (χ1) is 8.92. The lowest BCUT2D eigenvalue weighted by Gasteiger charge is -2.25. The lowest BCUT2D eigenvalue weighted by Crippen LogP contribution is -2.52. The molecule has 1 N–H and O–H groups in total. The van der Waals surface area contributed by atoms with Gasteiger partial charge in [-0.3, -0.25) is 10.1 Å². The number of rotatable bonds is 6. The van der Waals surface area contributed by atoms with Crippen LogP contribution in [-0.4, -0.2) is 37.2 Å². The Kier molecular flexibility index (Phi) is 4.82. The van der Waals surface area contributed by atoms with Gasteiger partial charge in [0.15, 0.2) is 0 Å². The van der Waals surface area contributed by atoms with E-state index >= 15 is 0 Å². The van der Waals surface area contributed by atoms with Gasteiger partial charge in [-0.15, -0.1) is 0 Å². The second-order valence-corrected chi connectivity index (χ2v) is 4.12. The van der Waals surface area contributed by atoms with Crippen molar-refractivity contribution in [2.45, 2.75) is 12.5 Å². The summed E-state index contributed by atoms with van der Waals surface area (Å²) in [7, 11) is 2.89. The number of hydrogen-bond donors (Lipinski definition) is 1. The molecule has 0 aliphatic heterocycles. The topological polar surface area (TPSA) is 90.7 Å². The summed E-state index contributed by atoms with van der Waals surface area (Å²) in [5, 5.41) is 13.4. The van der Waals surface area contributed by atoms with Crippen LogP contribution in [0.4, 0.5) is 5.69 Å². The van der Waals surface area contributed by atoms with Gasteiger partial charge in [0.1, 0.15) is 17.9 Å². The van der Waals surface area contributed by atoms with Gasteiger partial charge in [-0.2, -0.15) is 0 Å². The van der Waals surface area contributed by atoms with Gasteiger partial charge in [0.25, 0.3) is 5.69 Å². The van der Waals surface area contributed by atoms with Crippen LogP contribution in [0.2, 0.25) is 0 Å². The summed E-state index contributed by atoms with van der Waals surface area (Å²) in [6, 6.07) is 5.76. The number of nitro benzene ring substituents is 1. The van der Waals surface area contributed by atoms with Gasteiger partial charge in [-0.25, -0.2) is 4.79 Å². The highest BCUT2D eigenvalue weighted by Crippen LogP contribution is 2.20. The molecule has 0 aliphatic rings. The minimum Gasteiger partial charge on any atom is -0.491 e. The molecule has 7 heteroatoms. The van der Waals surface area contributed by atoms with E-state index in [-0.39, 0.29) is 12.3 Å². The number of likely N-dealkylation sites (N-methyl/N-ethyl adjacent to an activating group) is 1. The van der Waals surface area contributed by atoms with Crippen molar-refractivity contribution in [3.63, 3.8) is 0 Å². The van der Waals surface area contributed by atoms with Crippen molar-refractivity contribution in [2.75, 3.05) is 20.8 Å². The zero-order valence-corrected chi connectivity index (χ0v) is 11.0. The molecule has 1 aromatic carbocycles. The van der Waals surface area contributed by atoms with Crippen LogP contribution in [0.1, 0.15) is 6.92 Å². The van der Waals surface area contributed by atoms with Crippen LogP contribution in [0, 0.1) is 10.1 Å². The maximum Gasteiger partial charge on any atom is 0.329 e. The van der Waals surface area contributed by atoms with E-state index in [9.17, 15) is 14.9 Å². The Morgan fingerprint density at radius 1 is 1.53 bits per heavy atom. The lowest BCUT2D eigenvalue weighted by atomic mass is 10.1. The zero-order valence-electron chi connectivity index (χ0n) is 11.0. The molecule has 0 saturated heterocycles. The number of non-ortho nitro benzene ring substituents is 1. The van der Waals surface area contributed by atoms with Gasteiger partial charge in [0.05, 0.1) is 18.1 Å². The number of carbonyl (C=O) groups excluding carboxylic acids is 1. The number of benzene rings is 1. The SMILES string of the molecule is CNC(C)(COc1cccc([N+](=O)[O-])c1)C(=O)OC. The molecule has 0 aromatic heterocycles. The molecule has 0 saturated carbocycles. The molecule has 7 nitrogen and oxygen atoms in total. The highest BCUT2D eigenvalue weighted by atomic mass is 16.6. The van der Waals surface area contributed by atoms with Crippen LogP contribution in [0.3, 0.4) is 0 Å². The van der Waals surface area contributed by atoms with Crippen molar-refractivity contribution in [1.82, 2.24) is 5.32 Å². The van der Waals surface area contributed by atoms with Gasteiger partial charge >= 0.3 is 5.97 Å². The minimum absolute atomic E-state index is 0.00264. The molecule has 0 aliphatic carbocycles.